The lowest BCUT2D eigenvalue weighted by Crippen LogP contribution is -2.39. The first kappa shape index (κ1) is 25.1. The van der Waals surface area contributed by atoms with E-state index in [1.807, 2.05) is 0 Å². The molecule has 1 atom stereocenters. The molecular weight excluding hydrogens is 318 g/mol. The zero-order valence-corrected chi connectivity index (χ0v) is 17.7. The van der Waals surface area contributed by atoms with Gasteiger partial charge < -0.3 is 11.2 Å². The van der Waals surface area contributed by atoms with Crippen LogP contribution in [0.5, 0.6) is 0 Å². The molecule has 0 aliphatic heterocycles. The zero-order chi connectivity index (χ0) is 18.4. The second-order valence-electron chi connectivity index (χ2n) is 8.46. The maximum absolute atomic E-state index is 6.45. The highest BCUT2D eigenvalue weighted by Crippen LogP contribution is 2.31. The topological polar surface area (TPSA) is 57.5 Å². The van der Waals surface area contributed by atoms with Crippen LogP contribution in [0.2, 0.25) is 0 Å². The van der Waals surface area contributed by atoms with Crippen LogP contribution >= 0.6 is 0 Å². The van der Waals surface area contributed by atoms with E-state index in [1.54, 1.807) is 0 Å². The van der Waals surface area contributed by atoms with Crippen molar-refractivity contribution in [3.8, 4) is 0 Å². The average Bonchev–Trinajstić information content (AvgIpc) is 2.58. The predicted octanol–water partition coefficient (Wildman–Crippen LogP) is 6.77. The van der Waals surface area contributed by atoms with Crippen LogP contribution in [0.1, 0.15) is 116 Å². The van der Waals surface area contributed by atoms with Gasteiger partial charge in [0.25, 0.3) is 0 Å². The Morgan fingerprint density at radius 3 is 1.58 bits per heavy atom. The lowest BCUT2D eigenvalue weighted by atomic mass is 9.79. The number of nitrogens with two attached hydrogens (primary N) is 1. The summed E-state index contributed by atoms with van der Waals surface area (Å²) in [6.45, 7) is 6.63. The average molecular weight is 364 g/mol. The summed E-state index contributed by atoms with van der Waals surface area (Å²) in [5.41, 5.74) is 7.71. The summed E-state index contributed by atoms with van der Waals surface area (Å²) >= 11 is 0. The van der Waals surface area contributed by atoms with Gasteiger partial charge in [0.2, 0.25) is 0 Å². The van der Waals surface area contributed by atoms with Crippen LogP contribution in [0.4, 0.5) is 0 Å². The van der Waals surface area contributed by atoms with Crippen molar-refractivity contribution in [1.29, 1.82) is 0 Å². The van der Waals surface area contributed by atoms with Crippen LogP contribution in [0, 0.1) is 0 Å². The molecule has 1 aromatic carbocycles. The Morgan fingerprint density at radius 2 is 1.15 bits per heavy atom. The minimum atomic E-state index is -0.140. The Morgan fingerprint density at radius 1 is 0.731 bits per heavy atom. The monoisotopic (exact) mass is 363 g/mol. The number of hydrogen-bond acceptors (Lipinski definition) is 1. The fraction of sp³-hybridized carbons (Fsp3) is 0.750. The van der Waals surface area contributed by atoms with Gasteiger partial charge in [-0.25, -0.2) is 0 Å². The van der Waals surface area contributed by atoms with Gasteiger partial charge >= 0.3 is 0 Å². The predicted molar refractivity (Wildman–Crippen MR) is 117 cm³/mol. The van der Waals surface area contributed by atoms with E-state index in [1.165, 1.54) is 89.0 Å². The maximum atomic E-state index is 6.45. The summed E-state index contributed by atoms with van der Waals surface area (Å²) in [5.74, 6) is 0.469. The van der Waals surface area contributed by atoms with Crippen LogP contribution in [0.25, 0.3) is 0 Å². The number of unbranched alkanes of at least 4 members (excludes halogenated alkanes) is 11. The van der Waals surface area contributed by atoms with Crippen LogP contribution < -0.4 is 5.73 Å². The summed E-state index contributed by atoms with van der Waals surface area (Å²) in [6, 6.07) is 10.8. The third-order valence-electron chi connectivity index (χ3n) is 5.45. The molecule has 0 heterocycles. The van der Waals surface area contributed by atoms with Gasteiger partial charge in [-0.1, -0.05) is 114 Å². The molecule has 26 heavy (non-hydrogen) atoms. The molecule has 0 spiro atoms. The standard InChI is InChI=1S/C24H43N.H2O/c1-4-5-6-7-8-9-10-11-12-13-14-18-21-23(24(2,3)25)22-19-16-15-17-20-22;/h15-17,19-20,23H,4-14,18,21,25H2,1-3H3;1H2. The van der Waals surface area contributed by atoms with E-state index in [2.05, 4.69) is 51.1 Å². The summed E-state index contributed by atoms with van der Waals surface area (Å²) in [5, 5.41) is 0. The van der Waals surface area contributed by atoms with Gasteiger partial charge in [0, 0.05) is 11.5 Å². The second-order valence-corrected chi connectivity index (χ2v) is 8.46. The SMILES string of the molecule is CCCCCCCCCCCCCCC(c1ccccc1)C(C)(C)N.O. The van der Waals surface area contributed by atoms with E-state index >= 15 is 0 Å². The van der Waals surface area contributed by atoms with Crippen molar-refractivity contribution in [1.82, 2.24) is 0 Å². The van der Waals surface area contributed by atoms with Gasteiger partial charge in [0.1, 0.15) is 0 Å². The second kappa shape index (κ2) is 15.2. The van der Waals surface area contributed by atoms with Gasteiger partial charge in [0.05, 0.1) is 0 Å². The highest BCUT2D eigenvalue weighted by atomic mass is 16.0. The molecule has 0 saturated heterocycles. The van der Waals surface area contributed by atoms with Crippen molar-refractivity contribution in [2.75, 3.05) is 0 Å². The number of benzene rings is 1. The van der Waals surface area contributed by atoms with Crippen molar-refractivity contribution in [2.45, 2.75) is 116 Å². The van der Waals surface area contributed by atoms with E-state index in [4.69, 9.17) is 5.73 Å². The Bertz CT molecular complexity index is 410. The van der Waals surface area contributed by atoms with Crippen LogP contribution in [0.15, 0.2) is 30.3 Å². The fourth-order valence-electron chi connectivity index (χ4n) is 3.84. The molecule has 1 unspecified atom stereocenters. The number of hydrogen-bond donors (Lipinski definition) is 1. The van der Waals surface area contributed by atoms with Crippen molar-refractivity contribution >= 4 is 0 Å². The van der Waals surface area contributed by atoms with Gasteiger partial charge in [0.15, 0.2) is 0 Å². The molecule has 0 fully saturated rings. The van der Waals surface area contributed by atoms with E-state index in [9.17, 15) is 0 Å². The molecule has 0 aliphatic rings. The van der Waals surface area contributed by atoms with Crippen molar-refractivity contribution < 1.29 is 5.48 Å². The molecule has 1 rings (SSSR count). The van der Waals surface area contributed by atoms with Crippen molar-refractivity contribution in [3.05, 3.63) is 35.9 Å². The minimum absolute atomic E-state index is 0. The normalized spacial score (nSPS) is 12.6. The first-order valence-electron chi connectivity index (χ1n) is 10.9. The lowest BCUT2D eigenvalue weighted by molar-refractivity contribution is 0.376. The van der Waals surface area contributed by atoms with Crippen molar-refractivity contribution in [3.63, 3.8) is 0 Å². The van der Waals surface area contributed by atoms with Gasteiger partial charge in [-0.15, -0.1) is 0 Å². The van der Waals surface area contributed by atoms with Crippen LogP contribution in [-0.2, 0) is 0 Å². The van der Waals surface area contributed by atoms with E-state index < -0.39 is 0 Å². The molecule has 2 heteroatoms. The maximum Gasteiger partial charge on any atom is 0.0166 e. The Kier molecular flexibility index (Phi) is 14.7. The molecule has 1 aromatic rings. The molecule has 0 amide bonds. The first-order valence-corrected chi connectivity index (χ1v) is 10.9. The molecule has 2 nitrogen and oxygen atoms in total. The van der Waals surface area contributed by atoms with Gasteiger partial charge in [-0.05, 0) is 25.8 Å². The first-order chi connectivity index (χ1) is 12.1. The van der Waals surface area contributed by atoms with Gasteiger partial charge in [-0.3, -0.25) is 0 Å². The lowest BCUT2D eigenvalue weighted by Gasteiger charge is -2.31. The largest absolute Gasteiger partial charge is 0.412 e. The third-order valence-corrected chi connectivity index (χ3v) is 5.45. The van der Waals surface area contributed by atoms with E-state index in [0.29, 0.717) is 5.92 Å². The smallest absolute Gasteiger partial charge is 0.0166 e. The highest BCUT2D eigenvalue weighted by molar-refractivity contribution is 5.22. The Labute approximate surface area is 163 Å². The molecule has 4 N–H and O–H groups in total. The van der Waals surface area contributed by atoms with Gasteiger partial charge in [-0.2, -0.15) is 0 Å². The minimum Gasteiger partial charge on any atom is -0.412 e. The highest BCUT2D eigenvalue weighted by Gasteiger charge is 2.25. The molecule has 0 aromatic heterocycles. The van der Waals surface area contributed by atoms with E-state index in [-0.39, 0.29) is 11.0 Å². The summed E-state index contributed by atoms with van der Waals surface area (Å²) in [7, 11) is 0. The third kappa shape index (κ3) is 11.7. The fourth-order valence-corrected chi connectivity index (χ4v) is 3.84. The summed E-state index contributed by atoms with van der Waals surface area (Å²) in [4.78, 5) is 0. The number of rotatable bonds is 15. The molecule has 0 aliphatic carbocycles. The zero-order valence-electron chi connectivity index (χ0n) is 17.7. The van der Waals surface area contributed by atoms with Crippen molar-refractivity contribution in [2.24, 2.45) is 5.73 Å². The Hall–Kier alpha value is -0.860. The molecule has 0 bridgehead atoms. The molecule has 0 radical (unpaired) electrons. The quantitative estimate of drug-likeness (QED) is 0.343. The molecule has 152 valence electrons. The van der Waals surface area contributed by atoms with Crippen LogP contribution in [0.3, 0.4) is 0 Å². The van der Waals surface area contributed by atoms with E-state index in [0.717, 1.165) is 0 Å². The molecule has 0 saturated carbocycles. The summed E-state index contributed by atoms with van der Waals surface area (Å²) < 4.78 is 0. The Balaban J connectivity index is 0.00000625. The van der Waals surface area contributed by atoms with Crippen LogP contribution in [-0.4, -0.2) is 11.0 Å². The summed E-state index contributed by atoms with van der Waals surface area (Å²) in [6.07, 6.45) is 18.1. The molecular formula is C24H45NO.